The molecule has 1 fully saturated rings. The van der Waals surface area contributed by atoms with Gasteiger partial charge < -0.3 is 20.9 Å². The fourth-order valence-electron chi connectivity index (χ4n) is 3.05. The molecule has 0 spiro atoms. The molecule has 0 saturated carbocycles. The number of rotatable bonds is 7. The molecular weight excluding hydrogens is 272 g/mol. The van der Waals surface area contributed by atoms with Gasteiger partial charge in [-0.25, -0.2) is 0 Å². The van der Waals surface area contributed by atoms with Crippen molar-refractivity contribution >= 4 is 11.4 Å². The van der Waals surface area contributed by atoms with Crippen molar-refractivity contribution < 1.29 is 0 Å². The van der Waals surface area contributed by atoms with Gasteiger partial charge in [0.1, 0.15) is 0 Å². The van der Waals surface area contributed by atoms with E-state index in [0.29, 0.717) is 5.92 Å². The van der Waals surface area contributed by atoms with Gasteiger partial charge in [0.25, 0.3) is 0 Å². The van der Waals surface area contributed by atoms with E-state index in [1.807, 2.05) is 0 Å². The van der Waals surface area contributed by atoms with E-state index in [2.05, 4.69) is 60.2 Å². The van der Waals surface area contributed by atoms with Crippen LogP contribution in [0.3, 0.4) is 0 Å². The molecule has 1 aromatic carbocycles. The molecule has 124 valence electrons. The zero-order chi connectivity index (χ0) is 15.9. The Bertz CT molecular complexity index is 421. The molecule has 4 nitrogen and oxygen atoms in total. The lowest BCUT2D eigenvalue weighted by molar-refractivity contribution is 0.271. The van der Waals surface area contributed by atoms with Crippen LogP contribution in [-0.2, 0) is 0 Å². The second-order valence-electron chi connectivity index (χ2n) is 6.74. The molecule has 1 unspecified atom stereocenters. The minimum absolute atomic E-state index is 0.224. The van der Waals surface area contributed by atoms with Crippen molar-refractivity contribution in [1.29, 1.82) is 0 Å². The summed E-state index contributed by atoms with van der Waals surface area (Å²) in [4.78, 5) is 4.98. The van der Waals surface area contributed by atoms with E-state index in [1.165, 1.54) is 18.8 Å². The molecule has 1 aromatic rings. The van der Waals surface area contributed by atoms with Gasteiger partial charge in [-0.05, 0) is 43.1 Å². The predicted molar refractivity (Wildman–Crippen MR) is 96.7 cm³/mol. The smallest absolute Gasteiger partial charge is 0.0368 e. The van der Waals surface area contributed by atoms with Crippen LogP contribution in [0.1, 0.15) is 27.2 Å². The average molecular weight is 304 g/mol. The molecule has 0 aromatic heterocycles. The number of nitrogens with two attached hydrogens (primary N) is 1. The van der Waals surface area contributed by atoms with E-state index in [1.54, 1.807) is 0 Å². The third kappa shape index (κ3) is 5.18. The lowest BCUT2D eigenvalue weighted by Gasteiger charge is -2.35. The van der Waals surface area contributed by atoms with Crippen LogP contribution in [0.25, 0.3) is 0 Å². The number of nitrogens with zero attached hydrogens (tertiary/aromatic N) is 2. The molecule has 4 heteroatoms. The maximum Gasteiger partial charge on any atom is 0.0368 e. The van der Waals surface area contributed by atoms with Gasteiger partial charge in [0, 0.05) is 50.1 Å². The molecule has 0 aliphatic carbocycles. The van der Waals surface area contributed by atoms with Gasteiger partial charge in [-0.1, -0.05) is 20.8 Å². The molecule has 1 saturated heterocycles. The molecular formula is C18H32N4. The quantitative estimate of drug-likeness (QED) is 0.813. The maximum atomic E-state index is 6.12. The molecule has 0 radical (unpaired) electrons. The fraction of sp³-hybridized carbons (Fsp3) is 0.667. The highest BCUT2D eigenvalue weighted by molar-refractivity contribution is 5.55. The van der Waals surface area contributed by atoms with Crippen molar-refractivity contribution in [1.82, 2.24) is 4.90 Å². The number of benzene rings is 1. The zero-order valence-corrected chi connectivity index (χ0v) is 14.4. The number of anilines is 2. The second kappa shape index (κ2) is 8.39. The summed E-state index contributed by atoms with van der Waals surface area (Å²) in [6.45, 7) is 13.3. The molecule has 1 aliphatic rings. The normalized spacial score (nSPS) is 17.8. The average Bonchev–Trinajstić information content (AvgIpc) is 2.53. The Kier molecular flexibility index (Phi) is 6.52. The number of hydrogen-bond donors (Lipinski definition) is 2. The summed E-state index contributed by atoms with van der Waals surface area (Å²) in [5.41, 5.74) is 8.61. The van der Waals surface area contributed by atoms with Crippen LogP contribution in [0.2, 0.25) is 0 Å². The Hall–Kier alpha value is -1.26. The summed E-state index contributed by atoms with van der Waals surface area (Å²) in [7, 11) is 0. The number of hydrogen-bond acceptors (Lipinski definition) is 4. The van der Waals surface area contributed by atoms with E-state index in [9.17, 15) is 0 Å². The topological polar surface area (TPSA) is 44.5 Å². The Labute approximate surface area is 135 Å². The van der Waals surface area contributed by atoms with Crippen LogP contribution >= 0.6 is 0 Å². The summed E-state index contributed by atoms with van der Waals surface area (Å²) < 4.78 is 0. The maximum absolute atomic E-state index is 6.12. The van der Waals surface area contributed by atoms with E-state index in [4.69, 9.17) is 5.73 Å². The Balaban J connectivity index is 1.80. The second-order valence-corrected chi connectivity index (χ2v) is 6.74. The van der Waals surface area contributed by atoms with Crippen LogP contribution in [0.5, 0.6) is 0 Å². The van der Waals surface area contributed by atoms with Crippen molar-refractivity contribution in [2.45, 2.75) is 33.2 Å². The van der Waals surface area contributed by atoms with Gasteiger partial charge in [-0.3, -0.25) is 0 Å². The lowest BCUT2D eigenvalue weighted by Crippen LogP contribution is -2.46. The number of likely N-dealkylation sites (N-methyl/N-ethyl adjacent to an activating group) is 1. The van der Waals surface area contributed by atoms with Crippen LogP contribution < -0.4 is 16.0 Å². The predicted octanol–water partition coefficient (Wildman–Crippen LogP) is 2.61. The summed E-state index contributed by atoms with van der Waals surface area (Å²) in [6, 6.07) is 9.00. The summed E-state index contributed by atoms with van der Waals surface area (Å²) >= 11 is 0. The number of nitrogens with one attached hydrogen (secondary N) is 1. The summed E-state index contributed by atoms with van der Waals surface area (Å²) in [5.74, 6) is 0.654. The molecule has 1 aliphatic heterocycles. The van der Waals surface area contributed by atoms with Crippen molar-refractivity contribution in [2.75, 3.05) is 49.5 Å². The number of piperazine rings is 1. The first-order valence-electron chi connectivity index (χ1n) is 8.65. The third-order valence-electron chi connectivity index (χ3n) is 4.39. The van der Waals surface area contributed by atoms with Gasteiger partial charge in [-0.2, -0.15) is 0 Å². The molecule has 2 rings (SSSR count). The zero-order valence-electron chi connectivity index (χ0n) is 14.4. The standard InChI is InChI=1S/C18H32N4/c1-4-21-9-11-22(12-10-21)18-7-5-17(6-8-18)20-14-16(19)13-15(2)3/h5-8,15-16,20H,4,9-14,19H2,1-3H3. The van der Waals surface area contributed by atoms with Gasteiger partial charge in [-0.15, -0.1) is 0 Å². The van der Waals surface area contributed by atoms with Crippen LogP contribution in [0.15, 0.2) is 24.3 Å². The minimum Gasteiger partial charge on any atom is -0.383 e. The highest BCUT2D eigenvalue weighted by Gasteiger charge is 2.15. The third-order valence-corrected chi connectivity index (χ3v) is 4.39. The Morgan fingerprint density at radius 3 is 2.27 bits per heavy atom. The van der Waals surface area contributed by atoms with Crippen molar-refractivity contribution in [3.05, 3.63) is 24.3 Å². The van der Waals surface area contributed by atoms with Crippen LogP contribution in [0.4, 0.5) is 11.4 Å². The van der Waals surface area contributed by atoms with Crippen LogP contribution in [-0.4, -0.2) is 50.2 Å². The van der Waals surface area contributed by atoms with Gasteiger partial charge in [0.15, 0.2) is 0 Å². The first-order chi connectivity index (χ1) is 10.6. The summed E-state index contributed by atoms with van der Waals surface area (Å²) in [6.07, 6.45) is 1.06. The molecule has 0 bridgehead atoms. The molecule has 22 heavy (non-hydrogen) atoms. The fourth-order valence-corrected chi connectivity index (χ4v) is 3.05. The van der Waals surface area contributed by atoms with E-state index in [-0.39, 0.29) is 6.04 Å². The van der Waals surface area contributed by atoms with Crippen molar-refractivity contribution in [3.63, 3.8) is 0 Å². The largest absolute Gasteiger partial charge is 0.383 e. The van der Waals surface area contributed by atoms with Crippen LogP contribution in [0, 0.1) is 5.92 Å². The SMILES string of the molecule is CCN1CCN(c2ccc(NCC(N)CC(C)C)cc2)CC1. The van der Waals surface area contributed by atoms with E-state index >= 15 is 0 Å². The van der Waals surface area contributed by atoms with Crippen molar-refractivity contribution in [2.24, 2.45) is 11.7 Å². The van der Waals surface area contributed by atoms with E-state index < -0.39 is 0 Å². The van der Waals surface area contributed by atoms with E-state index in [0.717, 1.165) is 38.3 Å². The minimum atomic E-state index is 0.224. The van der Waals surface area contributed by atoms with Gasteiger partial charge in [0.2, 0.25) is 0 Å². The molecule has 1 heterocycles. The lowest BCUT2D eigenvalue weighted by atomic mass is 10.0. The molecule has 1 atom stereocenters. The summed E-state index contributed by atoms with van der Waals surface area (Å²) in [5, 5.41) is 3.44. The van der Waals surface area contributed by atoms with Crippen molar-refractivity contribution in [3.8, 4) is 0 Å². The molecule has 0 amide bonds. The van der Waals surface area contributed by atoms with Gasteiger partial charge in [0.05, 0.1) is 0 Å². The highest BCUT2D eigenvalue weighted by Crippen LogP contribution is 2.19. The Morgan fingerprint density at radius 1 is 1.09 bits per heavy atom. The first-order valence-corrected chi connectivity index (χ1v) is 8.65. The Morgan fingerprint density at radius 2 is 1.73 bits per heavy atom. The van der Waals surface area contributed by atoms with Gasteiger partial charge >= 0.3 is 0 Å². The molecule has 3 N–H and O–H groups in total. The highest BCUT2D eigenvalue weighted by atomic mass is 15.3. The first kappa shape index (κ1) is 17.1. The monoisotopic (exact) mass is 304 g/mol.